The molecule has 4 N–H and O–H groups in total. The zero-order valence-electron chi connectivity index (χ0n) is 11.6. The maximum Gasteiger partial charge on any atom is 0.272 e. The fourth-order valence-electron chi connectivity index (χ4n) is 2.11. The van der Waals surface area contributed by atoms with Crippen molar-refractivity contribution in [3.63, 3.8) is 0 Å². The van der Waals surface area contributed by atoms with Crippen LogP contribution in [-0.4, -0.2) is 23.4 Å². The summed E-state index contributed by atoms with van der Waals surface area (Å²) in [6, 6.07) is 8.62. The average Bonchev–Trinajstić information content (AvgIpc) is 2.52. The van der Waals surface area contributed by atoms with Crippen molar-refractivity contribution >= 4 is 23.2 Å². The second kappa shape index (κ2) is 5.72. The normalized spacial score (nSPS) is 12.8. The summed E-state index contributed by atoms with van der Waals surface area (Å²) >= 11 is 0. The molecule has 0 fully saturated rings. The molecule has 0 unspecified atom stereocenters. The number of carbonyl (C=O) groups is 2. The molecule has 7 heteroatoms. The summed E-state index contributed by atoms with van der Waals surface area (Å²) in [7, 11) is 0. The highest BCUT2D eigenvalue weighted by molar-refractivity contribution is 5.97. The quantitative estimate of drug-likeness (QED) is 0.781. The molecule has 1 aliphatic heterocycles. The molecule has 7 nitrogen and oxygen atoms in total. The standard InChI is InChI=1S/C15H14N4O3/c16-10-2-1-5-17-14(10)15(21)18-7-9-3-4-12-11(6-9)19-13(20)8-22-12/h1-6H,7-8,16H2,(H,18,21)(H,19,20). The Hall–Kier alpha value is -3.09. The number of pyridine rings is 1. The summed E-state index contributed by atoms with van der Waals surface area (Å²) in [5.74, 6) is 0.0645. The van der Waals surface area contributed by atoms with Crippen molar-refractivity contribution in [2.75, 3.05) is 17.7 Å². The third-order valence-electron chi connectivity index (χ3n) is 3.18. The van der Waals surface area contributed by atoms with Crippen LogP contribution in [0.3, 0.4) is 0 Å². The number of hydrogen-bond acceptors (Lipinski definition) is 5. The molecular weight excluding hydrogens is 284 g/mol. The lowest BCUT2D eigenvalue weighted by Gasteiger charge is -2.18. The smallest absolute Gasteiger partial charge is 0.272 e. The van der Waals surface area contributed by atoms with Gasteiger partial charge < -0.3 is 21.1 Å². The molecule has 1 aliphatic rings. The highest BCUT2D eigenvalue weighted by Crippen LogP contribution is 2.28. The van der Waals surface area contributed by atoms with E-state index in [4.69, 9.17) is 10.5 Å². The van der Waals surface area contributed by atoms with Gasteiger partial charge in [0.15, 0.2) is 12.3 Å². The maximum absolute atomic E-state index is 12.0. The van der Waals surface area contributed by atoms with Gasteiger partial charge >= 0.3 is 0 Å². The van der Waals surface area contributed by atoms with Gasteiger partial charge in [-0.05, 0) is 29.8 Å². The molecule has 2 aromatic rings. The molecule has 0 aliphatic carbocycles. The van der Waals surface area contributed by atoms with Crippen molar-refractivity contribution in [1.82, 2.24) is 10.3 Å². The minimum Gasteiger partial charge on any atom is -0.482 e. The summed E-state index contributed by atoms with van der Waals surface area (Å²) in [4.78, 5) is 27.3. The van der Waals surface area contributed by atoms with E-state index < -0.39 is 0 Å². The topological polar surface area (TPSA) is 106 Å². The first kappa shape index (κ1) is 13.9. The molecule has 0 atom stereocenters. The molecule has 1 aromatic heterocycles. The van der Waals surface area contributed by atoms with Crippen LogP contribution >= 0.6 is 0 Å². The summed E-state index contributed by atoms with van der Waals surface area (Å²) < 4.78 is 5.28. The van der Waals surface area contributed by atoms with Crippen LogP contribution in [0.1, 0.15) is 16.1 Å². The number of hydrogen-bond donors (Lipinski definition) is 3. The molecular formula is C15H14N4O3. The van der Waals surface area contributed by atoms with Gasteiger partial charge in [0.2, 0.25) is 0 Å². The molecule has 1 aromatic carbocycles. The summed E-state index contributed by atoms with van der Waals surface area (Å²) in [6.45, 7) is 0.306. The Balaban J connectivity index is 1.69. The van der Waals surface area contributed by atoms with Crippen molar-refractivity contribution < 1.29 is 14.3 Å². The van der Waals surface area contributed by atoms with Gasteiger partial charge in [-0.1, -0.05) is 6.07 Å². The van der Waals surface area contributed by atoms with E-state index in [0.29, 0.717) is 17.1 Å². The Bertz CT molecular complexity index is 745. The zero-order valence-corrected chi connectivity index (χ0v) is 11.6. The predicted octanol–water partition coefficient (Wildman–Crippen LogP) is 0.925. The van der Waals surface area contributed by atoms with Gasteiger partial charge in [0, 0.05) is 12.7 Å². The Kier molecular flexibility index (Phi) is 3.61. The van der Waals surface area contributed by atoms with Crippen LogP contribution in [0.4, 0.5) is 11.4 Å². The number of ether oxygens (including phenoxy) is 1. The fraction of sp³-hybridized carbons (Fsp3) is 0.133. The van der Waals surface area contributed by atoms with Crippen molar-refractivity contribution in [1.29, 1.82) is 0 Å². The van der Waals surface area contributed by atoms with Gasteiger partial charge in [0.1, 0.15) is 5.75 Å². The molecule has 0 bridgehead atoms. The van der Waals surface area contributed by atoms with Crippen LogP contribution < -0.4 is 21.1 Å². The van der Waals surface area contributed by atoms with E-state index in [1.54, 1.807) is 24.3 Å². The predicted molar refractivity (Wildman–Crippen MR) is 80.4 cm³/mol. The van der Waals surface area contributed by atoms with Crippen LogP contribution in [0, 0.1) is 0 Å². The van der Waals surface area contributed by atoms with Crippen molar-refractivity contribution in [3.8, 4) is 5.75 Å². The lowest BCUT2D eigenvalue weighted by Crippen LogP contribution is -2.26. The van der Waals surface area contributed by atoms with E-state index in [-0.39, 0.29) is 30.7 Å². The lowest BCUT2D eigenvalue weighted by molar-refractivity contribution is -0.118. The van der Waals surface area contributed by atoms with E-state index in [2.05, 4.69) is 15.6 Å². The van der Waals surface area contributed by atoms with Gasteiger partial charge in [0.25, 0.3) is 11.8 Å². The first-order chi connectivity index (χ1) is 10.6. The number of fused-ring (bicyclic) bond motifs is 1. The molecule has 3 rings (SSSR count). The molecule has 22 heavy (non-hydrogen) atoms. The third kappa shape index (κ3) is 2.83. The number of carbonyl (C=O) groups excluding carboxylic acids is 2. The highest BCUT2D eigenvalue weighted by Gasteiger charge is 2.16. The minimum absolute atomic E-state index is 0.0159. The summed E-state index contributed by atoms with van der Waals surface area (Å²) in [5.41, 5.74) is 7.65. The lowest BCUT2D eigenvalue weighted by atomic mass is 10.1. The van der Waals surface area contributed by atoms with Crippen molar-refractivity contribution in [2.24, 2.45) is 0 Å². The Morgan fingerprint density at radius 1 is 1.41 bits per heavy atom. The molecule has 0 spiro atoms. The van der Waals surface area contributed by atoms with Gasteiger partial charge in [0.05, 0.1) is 11.4 Å². The number of nitrogens with zero attached hydrogens (tertiary/aromatic N) is 1. The molecule has 2 amide bonds. The maximum atomic E-state index is 12.0. The Labute approximate surface area is 126 Å². The van der Waals surface area contributed by atoms with E-state index in [9.17, 15) is 9.59 Å². The average molecular weight is 298 g/mol. The number of nitrogens with two attached hydrogens (primary N) is 1. The van der Waals surface area contributed by atoms with Crippen LogP contribution in [0.25, 0.3) is 0 Å². The van der Waals surface area contributed by atoms with Crippen LogP contribution in [0.2, 0.25) is 0 Å². The summed E-state index contributed by atoms with van der Waals surface area (Å²) in [5, 5.41) is 5.46. The minimum atomic E-state index is -0.351. The van der Waals surface area contributed by atoms with Crippen LogP contribution in [0.5, 0.6) is 5.75 Å². The molecule has 112 valence electrons. The molecule has 0 saturated heterocycles. The first-order valence-corrected chi connectivity index (χ1v) is 6.68. The van der Waals surface area contributed by atoms with Crippen LogP contribution in [0.15, 0.2) is 36.5 Å². The number of anilines is 2. The number of nitrogens with one attached hydrogen (secondary N) is 2. The first-order valence-electron chi connectivity index (χ1n) is 6.68. The Morgan fingerprint density at radius 2 is 2.27 bits per heavy atom. The van der Waals surface area contributed by atoms with Gasteiger partial charge in [-0.25, -0.2) is 4.98 Å². The Morgan fingerprint density at radius 3 is 3.09 bits per heavy atom. The second-order valence-corrected chi connectivity index (χ2v) is 4.79. The SMILES string of the molecule is Nc1cccnc1C(=O)NCc1ccc2c(c1)NC(=O)CO2. The number of aromatic nitrogens is 1. The molecule has 2 heterocycles. The van der Waals surface area contributed by atoms with Crippen LogP contribution in [-0.2, 0) is 11.3 Å². The number of amides is 2. The second-order valence-electron chi connectivity index (χ2n) is 4.79. The number of nitrogen functional groups attached to an aromatic ring is 1. The monoisotopic (exact) mass is 298 g/mol. The third-order valence-corrected chi connectivity index (χ3v) is 3.18. The van der Waals surface area contributed by atoms with Gasteiger partial charge in [-0.2, -0.15) is 0 Å². The van der Waals surface area contributed by atoms with Crippen molar-refractivity contribution in [2.45, 2.75) is 6.54 Å². The highest BCUT2D eigenvalue weighted by atomic mass is 16.5. The van der Waals surface area contributed by atoms with Crippen molar-refractivity contribution in [3.05, 3.63) is 47.8 Å². The van der Waals surface area contributed by atoms with E-state index >= 15 is 0 Å². The fourth-order valence-corrected chi connectivity index (χ4v) is 2.11. The van der Waals surface area contributed by atoms with E-state index in [0.717, 1.165) is 5.56 Å². The summed E-state index contributed by atoms with van der Waals surface area (Å²) in [6.07, 6.45) is 1.51. The molecule has 0 radical (unpaired) electrons. The number of benzene rings is 1. The van der Waals surface area contributed by atoms with E-state index in [1.165, 1.54) is 6.20 Å². The largest absolute Gasteiger partial charge is 0.482 e. The van der Waals surface area contributed by atoms with Gasteiger partial charge in [-0.3, -0.25) is 9.59 Å². The zero-order chi connectivity index (χ0) is 15.5. The van der Waals surface area contributed by atoms with Gasteiger partial charge in [-0.15, -0.1) is 0 Å². The number of rotatable bonds is 3. The molecule has 0 saturated carbocycles. The van der Waals surface area contributed by atoms with E-state index in [1.807, 2.05) is 6.07 Å².